The lowest BCUT2D eigenvalue weighted by Gasteiger charge is -2.15. The number of hydrogen-bond acceptors (Lipinski definition) is 9. The highest BCUT2D eigenvalue weighted by molar-refractivity contribution is 5.09. The van der Waals surface area contributed by atoms with Crippen molar-refractivity contribution in [2.75, 3.05) is 0 Å². The van der Waals surface area contributed by atoms with E-state index in [1.807, 2.05) is 0 Å². The quantitative estimate of drug-likeness (QED) is 0.548. The Hall–Kier alpha value is -1.71. The van der Waals surface area contributed by atoms with Crippen LogP contribution in [0.4, 0.5) is 0 Å². The van der Waals surface area contributed by atoms with Crippen LogP contribution >= 0.6 is 0 Å². The number of aliphatic hydroxyl groups is 3. The van der Waals surface area contributed by atoms with Crippen molar-refractivity contribution in [3.63, 3.8) is 0 Å². The molecule has 3 atom stereocenters. The predicted octanol–water partition coefficient (Wildman–Crippen LogP) is 0.193. The molecule has 0 aliphatic carbocycles. The van der Waals surface area contributed by atoms with Crippen LogP contribution in [-0.4, -0.2) is 49.1 Å². The fraction of sp³-hybridized carbons (Fsp3) is 0.750. The van der Waals surface area contributed by atoms with E-state index >= 15 is 0 Å². The molecule has 0 spiro atoms. The summed E-state index contributed by atoms with van der Waals surface area (Å²) in [7, 11) is 0. The van der Waals surface area contributed by atoms with Crippen LogP contribution in [0.25, 0.3) is 0 Å². The van der Waals surface area contributed by atoms with E-state index in [1.165, 1.54) is 0 Å². The van der Waals surface area contributed by atoms with Crippen LogP contribution in [0.5, 0.6) is 18.0 Å². The lowest BCUT2D eigenvalue weighted by atomic mass is 10.5. The molecule has 0 bridgehead atoms. The normalized spacial score (nSPS) is 15.1. The second kappa shape index (κ2) is 8.55. The molecule has 0 saturated heterocycles. The van der Waals surface area contributed by atoms with Crippen molar-refractivity contribution < 1.29 is 29.5 Å². The molecule has 0 radical (unpaired) electrons. The van der Waals surface area contributed by atoms with E-state index in [2.05, 4.69) is 15.0 Å². The Bertz CT molecular complexity index is 359. The standard InChI is InChI=1S/C12H21N3O6/c1-4-7(16)19-10-13-11(20-8(17)5-2)15-12(14-10)21-9(18)6-3/h7-9,16-18H,4-6H2,1-3H3. The maximum Gasteiger partial charge on any atom is 0.328 e. The number of ether oxygens (including phenoxy) is 3. The maximum atomic E-state index is 9.45. The molecule has 0 amide bonds. The minimum absolute atomic E-state index is 0.226. The first-order chi connectivity index (χ1) is 9.98. The van der Waals surface area contributed by atoms with Gasteiger partial charge in [-0.2, -0.15) is 0 Å². The lowest BCUT2D eigenvalue weighted by molar-refractivity contribution is -0.0437. The van der Waals surface area contributed by atoms with E-state index in [4.69, 9.17) is 14.2 Å². The van der Waals surface area contributed by atoms with E-state index in [0.29, 0.717) is 19.3 Å². The Labute approximate surface area is 122 Å². The van der Waals surface area contributed by atoms with Crippen molar-refractivity contribution in [1.82, 2.24) is 15.0 Å². The van der Waals surface area contributed by atoms with E-state index in [1.54, 1.807) is 20.8 Å². The molecular weight excluding hydrogens is 282 g/mol. The zero-order valence-corrected chi connectivity index (χ0v) is 12.3. The van der Waals surface area contributed by atoms with Gasteiger partial charge >= 0.3 is 18.0 Å². The van der Waals surface area contributed by atoms with Crippen LogP contribution in [0, 0.1) is 0 Å². The summed E-state index contributed by atoms with van der Waals surface area (Å²) >= 11 is 0. The number of hydrogen-bond donors (Lipinski definition) is 3. The Morgan fingerprint density at radius 1 is 0.667 bits per heavy atom. The first kappa shape index (κ1) is 17.3. The Balaban J connectivity index is 2.95. The summed E-state index contributed by atoms with van der Waals surface area (Å²) in [5.74, 6) is 0. The van der Waals surface area contributed by atoms with Gasteiger partial charge in [0.2, 0.25) is 18.9 Å². The second-order valence-electron chi connectivity index (χ2n) is 4.13. The smallest absolute Gasteiger partial charge is 0.328 e. The van der Waals surface area contributed by atoms with Crippen LogP contribution in [0.3, 0.4) is 0 Å². The molecule has 120 valence electrons. The van der Waals surface area contributed by atoms with Crippen molar-refractivity contribution in [2.24, 2.45) is 0 Å². The average Bonchev–Trinajstić information content (AvgIpc) is 2.46. The van der Waals surface area contributed by atoms with Crippen molar-refractivity contribution in [3.05, 3.63) is 0 Å². The summed E-state index contributed by atoms with van der Waals surface area (Å²) < 4.78 is 15.1. The van der Waals surface area contributed by atoms with Gasteiger partial charge in [0.15, 0.2) is 0 Å². The van der Waals surface area contributed by atoms with Gasteiger partial charge in [0, 0.05) is 19.3 Å². The molecule has 0 aliphatic rings. The molecule has 21 heavy (non-hydrogen) atoms. The van der Waals surface area contributed by atoms with Crippen LogP contribution in [0.15, 0.2) is 0 Å². The first-order valence-corrected chi connectivity index (χ1v) is 6.78. The highest BCUT2D eigenvalue weighted by atomic mass is 16.6. The summed E-state index contributed by atoms with van der Waals surface area (Å²) in [6.45, 7) is 5.13. The number of aliphatic hydroxyl groups excluding tert-OH is 3. The van der Waals surface area contributed by atoms with Gasteiger partial charge in [-0.3, -0.25) is 0 Å². The molecular formula is C12H21N3O6. The Morgan fingerprint density at radius 2 is 0.905 bits per heavy atom. The second-order valence-corrected chi connectivity index (χ2v) is 4.13. The molecule has 1 aromatic heterocycles. The molecule has 0 aromatic carbocycles. The lowest BCUT2D eigenvalue weighted by Crippen LogP contribution is -2.21. The summed E-state index contributed by atoms with van der Waals surface area (Å²) in [5, 5.41) is 28.3. The van der Waals surface area contributed by atoms with Crippen molar-refractivity contribution in [1.29, 1.82) is 0 Å². The highest BCUT2D eigenvalue weighted by Crippen LogP contribution is 2.18. The highest BCUT2D eigenvalue weighted by Gasteiger charge is 2.16. The van der Waals surface area contributed by atoms with Crippen LogP contribution in [-0.2, 0) is 0 Å². The van der Waals surface area contributed by atoms with E-state index in [9.17, 15) is 15.3 Å². The Kier molecular flexibility index (Phi) is 7.06. The molecule has 1 aromatic rings. The van der Waals surface area contributed by atoms with Crippen LogP contribution in [0.1, 0.15) is 40.0 Å². The molecule has 3 unspecified atom stereocenters. The third-order valence-corrected chi connectivity index (χ3v) is 2.35. The van der Waals surface area contributed by atoms with Gasteiger partial charge in [-0.25, -0.2) is 0 Å². The molecule has 0 fully saturated rings. The zero-order valence-electron chi connectivity index (χ0n) is 12.3. The Morgan fingerprint density at radius 3 is 1.10 bits per heavy atom. The monoisotopic (exact) mass is 303 g/mol. The maximum absolute atomic E-state index is 9.45. The molecule has 0 saturated carbocycles. The first-order valence-electron chi connectivity index (χ1n) is 6.78. The van der Waals surface area contributed by atoms with Crippen molar-refractivity contribution in [3.8, 4) is 18.0 Å². The number of nitrogens with zero attached hydrogens (tertiary/aromatic N) is 3. The van der Waals surface area contributed by atoms with Gasteiger partial charge < -0.3 is 29.5 Å². The SMILES string of the molecule is CCC(O)Oc1nc(OC(O)CC)nc(OC(O)CC)n1. The summed E-state index contributed by atoms with van der Waals surface area (Å²) in [6, 6.07) is -0.678. The fourth-order valence-corrected chi connectivity index (χ4v) is 1.09. The minimum Gasteiger partial charge on any atom is -0.434 e. The number of rotatable bonds is 9. The zero-order chi connectivity index (χ0) is 15.8. The summed E-state index contributed by atoms with van der Waals surface area (Å²) in [4.78, 5) is 11.4. The van der Waals surface area contributed by atoms with E-state index in [0.717, 1.165) is 0 Å². The molecule has 3 N–H and O–H groups in total. The topological polar surface area (TPSA) is 127 Å². The van der Waals surface area contributed by atoms with Gasteiger partial charge in [0.25, 0.3) is 0 Å². The summed E-state index contributed by atoms with van der Waals surface area (Å²) in [6.07, 6.45) is -2.31. The molecule has 0 aliphatic heterocycles. The molecule has 9 heteroatoms. The van der Waals surface area contributed by atoms with Gasteiger partial charge in [0.1, 0.15) is 0 Å². The van der Waals surface area contributed by atoms with Crippen LogP contribution < -0.4 is 14.2 Å². The van der Waals surface area contributed by atoms with E-state index in [-0.39, 0.29) is 18.0 Å². The predicted molar refractivity (Wildman–Crippen MR) is 70.6 cm³/mol. The molecule has 1 heterocycles. The van der Waals surface area contributed by atoms with Gasteiger partial charge in [0.05, 0.1) is 0 Å². The average molecular weight is 303 g/mol. The van der Waals surface area contributed by atoms with Crippen LogP contribution in [0.2, 0.25) is 0 Å². The largest absolute Gasteiger partial charge is 0.434 e. The number of aromatic nitrogens is 3. The van der Waals surface area contributed by atoms with Gasteiger partial charge in [-0.05, 0) is 0 Å². The molecule has 9 nitrogen and oxygen atoms in total. The van der Waals surface area contributed by atoms with Gasteiger partial charge in [-0.1, -0.05) is 20.8 Å². The summed E-state index contributed by atoms with van der Waals surface area (Å²) in [5.41, 5.74) is 0. The fourth-order valence-electron chi connectivity index (χ4n) is 1.09. The van der Waals surface area contributed by atoms with Crippen molar-refractivity contribution in [2.45, 2.75) is 58.9 Å². The third kappa shape index (κ3) is 6.06. The minimum atomic E-state index is -1.10. The molecule has 1 rings (SSSR count). The third-order valence-electron chi connectivity index (χ3n) is 2.35. The van der Waals surface area contributed by atoms with Crippen molar-refractivity contribution >= 4 is 0 Å². The van der Waals surface area contributed by atoms with E-state index < -0.39 is 18.9 Å². The van der Waals surface area contributed by atoms with Gasteiger partial charge in [-0.15, -0.1) is 15.0 Å².